The number of nitrogens with one attached hydrogen (secondary N) is 1. The van der Waals surface area contributed by atoms with E-state index >= 15 is 0 Å². The average molecular weight is 475 g/mol. The van der Waals surface area contributed by atoms with E-state index in [9.17, 15) is 14.9 Å². The van der Waals surface area contributed by atoms with Crippen molar-refractivity contribution in [3.05, 3.63) is 57.5 Å². The molecule has 9 nitrogen and oxygen atoms in total. The first-order valence-corrected chi connectivity index (χ1v) is 11.8. The molecule has 0 saturated carbocycles. The Morgan fingerprint density at radius 1 is 1.29 bits per heavy atom. The van der Waals surface area contributed by atoms with Crippen LogP contribution in [0.5, 0.6) is 0 Å². The number of carbonyl (C=O) groups excluding carboxylic acids is 1. The van der Waals surface area contributed by atoms with Gasteiger partial charge in [-0.2, -0.15) is 10.2 Å². The van der Waals surface area contributed by atoms with Crippen LogP contribution in [0.3, 0.4) is 0 Å². The second-order valence-electron chi connectivity index (χ2n) is 9.84. The summed E-state index contributed by atoms with van der Waals surface area (Å²) in [7, 11) is 0. The van der Waals surface area contributed by atoms with Crippen molar-refractivity contribution in [1.29, 1.82) is 5.26 Å². The minimum atomic E-state index is -0.527. The van der Waals surface area contributed by atoms with Crippen LogP contribution in [-0.2, 0) is 17.7 Å². The van der Waals surface area contributed by atoms with E-state index in [1.54, 1.807) is 15.7 Å². The molecule has 35 heavy (non-hydrogen) atoms. The summed E-state index contributed by atoms with van der Waals surface area (Å²) in [6.45, 7) is 10.6. The number of hydrogen-bond acceptors (Lipinski definition) is 7. The van der Waals surface area contributed by atoms with Gasteiger partial charge in [0.05, 0.1) is 0 Å². The molecule has 0 aliphatic carbocycles. The Balaban J connectivity index is 1.59. The van der Waals surface area contributed by atoms with E-state index in [1.807, 2.05) is 58.9 Å². The Morgan fingerprint density at radius 2 is 2.06 bits per heavy atom. The average Bonchev–Trinajstić information content (AvgIpc) is 2.81. The van der Waals surface area contributed by atoms with Crippen molar-refractivity contribution in [3.63, 3.8) is 0 Å². The molecule has 1 aliphatic heterocycles. The highest BCUT2D eigenvalue weighted by Crippen LogP contribution is 2.26. The minimum Gasteiger partial charge on any atom is -0.444 e. The predicted octanol–water partition coefficient (Wildman–Crippen LogP) is 4.67. The third-order valence-corrected chi connectivity index (χ3v) is 6.05. The highest BCUT2D eigenvalue weighted by molar-refractivity contribution is 5.77. The number of fused-ring (bicyclic) bond motifs is 2. The van der Waals surface area contributed by atoms with Crippen molar-refractivity contribution in [2.75, 3.05) is 11.9 Å². The van der Waals surface area contributed by atoms with E-state index in [0.717, 1.165) is 23.2 Å². The van der Waals surface area contributed by atoms with Gasteiger partial charge in [0.15, 0.2) is 0 Å². The van der Waals surface area contributed by atoms with Crippen molar-refractivity contribution >= 4 is 28.8 Å². The molecule has 182 valence electrons. The standard InChI is InChI=1S/C26H30N6O3/c1-6-16(2)32-22-20(11-19(13-27)23(32)33)14-28-24(30-22)29-21-8-7-18-15-31(10-9-17(18)12-21)25(34)35-26(3,4)5/h7-8,11-12,14,16H,6,9-10,15H2,1-5H3,(H,28,29,30). The number of nitriles is 1. The Morgan fingerprint density at radius 3 is 2.74 bits per heavy atom. The highest BCUT2D eigenvalue weighted by atomic mass is 16.6. The summed E-state index contributed by atoms with van der Waals surface area (Å²) in [5, 5.41) is 13.2. The van der Waals surface area contributed by atoms with Gasteiger partial charge in [-0.05, 0) is 69.9 Å². The topological polar surface area (TPSA) is 113 Å². The Hall–Kier alpha value is -3.93. The lowest BCUT2D eigenvalue weighted by atomic mass is 9.99. The highest BCUT2D eigenvalue weighted by Gasteiger charge is 2.26. The molecule has 3 aromatic rings. The molecule has 0 spiro atoms. The van der Waals surface area contributed by atoms with Gasteiger partial charge in [0.1, 0.15) is 22.9 Å². The van der Waals surface area contributed by atoms with Crippen molar-refractivity contribution in [2.24, 2.45) is 0 Å². The molecule has 0 bridgehead atoms. The first-order chi connectivity index (χ1) is 16.6. The molecule has 0 saturated heterocycles. The van der Waals surface area contributed by atoms with Gasteiger partial charge in [-0.25, -0.2) is 9.78 Å². The molecule has 1 atom stereocenters. The predicted molar refractivity (Wildman–Crippen MR) is 134 cm³/mol. The van der Waals surface area contributed by atoms with Crippen molar-refractivity contribution < 1.29 is 9.53 Å². The molecule has 0 fully saturated rings. The van der Waals surface area contributed by atoms with Crippen LogP contribution in [0.2, 0.25) is 0 Å². The lowest BCUT2D eigenvalue weighted by Gasteiger charge is -2.31. The molecule has 0 radical (unpaired) electrons. The molecule has 9 heteroatoms. The van der Waals surface area contributed by atoms with Crippen LogP contribution in [0, 0.1) is 11.3 Å². The largest absolute Gasteiger partial charge is 0.444 e. The van der Waals surface area contributed by atoms with Gasteiger partial charge in [-0.3, -0.25) is 9.36 Å². The normalized spacial score (nSPS) is 14.2. The molecule has 1 aliphatic rings. The van der Waals surface area contributed by atoms with Gasteiger partial charge in [0, 0.05) is 36.4 Å². The number of carbonyl (C=O) groups is 1. The van der Waals surface area contributed by atoms with Crippen LogP contribution in [0.25, 0.3) is 11.0 Å². The monoisotopic (exact) mass is 474 g/mol. The lowest BCUT2D eigenvalue weighted by Crippen LogP contribution is -2.39. The number of benzene rings is 1. The number of aromatic nitrogens is 3. The van der Waals surface area contributed by atoms with Gasteiger partial charge in [0.25, 0.3) is 5.56 Å². The maximum atomic E-state index is 12.8. The maximum Gasteiger partial charge on any atom is 0.410 e. The van der Waals surface area contributed by atoms with Gasteiger partial charge >= 0.3 is 6.09 Å². The van der Waals surface area contributed by atoms with Gasteiger partial charge in [-0.1, -0.05) is 13.0 Å². The molecule has 1 unspecified atom stereocenters. The number of nitrogens with zero attached hydrogens (tertiary/aromatic N) is 5. The molecular weight excluding hydrogens is 444 g/mol. The molecule has 1 N–H and O–H groups in total. The van der Waals surface area contributed by atoms with Crippen LogP contribution in [-0.4, -0.2) is 37.7 Å². The van der Waals surface area contributed by atoms with E-state index in [4.69, 9.17) is 4.74 Å². The second-order valence-corrected chi connectivity index (χ2v) is 9.84. The SMILES string of the molecule is CCC(C)n1c(=O)c(C#N)cc2cnc(Nc3ccc4c(c3)CCN(C(=O)OC(C)(C)C)C4)nc21. The van der Waals surface area contributed by atoms with Gasteiger partial charge in [0.2, 0.25) is 5.95 Å². The summed E-state index contributed by atoms with van der Waals surface area (Å²) in [5.41, 5.74) is 2.74. The smallest absolute Gasteiger partial charge is 0.410 e. The first-order valence-electron chi connectivity index (χ1n) is 11.8. The van der Waals surface area contributed by atoms with Crippen LogP contribution < -0.4 is 10.9 Å². The first kappa shape index (κ1) is 24.2. The quantitative estimate of drug-likeness (QED) is 0.584. The molecule has 3 heterocycles. The van der Waals surface area contributed by atoms with E-state index in [0.29, 0.717) is 36.5 Å². The fraction of sp³-hybridized carbons (Fsp3) is 0.423. The lowest BCUT2D eigenvalue weighted by molar-refractivity contribution is 0.0224. The summed E-state index contributed by atoms with van der Waals surface area (Å²) in [5.74, 6) is 0.366. The third-order valence-electron chi connectivity index (χ3n) is 6.05. The third kappa shape index (κ3) is 5.11. The number of anilines is 2. The summed E-state index contributed by atoms with van der Waals surface area (Å²) in [4.78, 5) is 36.0. The van der Waals surface area contributed by atoms with Crippen LogP contribution in [0.1, 0.15) is 63.8 Å². The van der Waals surface area contributed by atoms with Crippen molar-refractivity contribution in [1.82, 2.24) is 19.4 Å². The zero-order chi connectivity index (χ0) is 25.3. The fourth-order valence-corrected chi connectivity index (χ4v) is 4.09. The molecule has 1 aromatic carbocycles. The summed E-state index contributed by atoms with van der Waals surface area (Å²) >= 11 is 0. The number of rotatable bonds is 4. The van der Waals surface area contributed by atoms with E-state index in [2.05, 4.69) is 15.3 Å². The fourth-order valence-electron chi connectivity index (χ4n) is 4.09. The zero-order valence-corrected chi connectivity index (χ0v) is 20.8. The number of amides is 1. The molecule has 1 amide bonds. The van der Waals surface area contributed by atoms with Gasteiger partial charge < -0.3 is 15.0 Å². The van der Waals surface area contributed by atoms with E-state index in [1.165, 1.54) is 6.07 Å². The second kappa shape index (κ2) is 9.37. The van der Waals surface area contributed by atoms with Crippen molar-refractivity contribution in [3.8, 4) is 6.07 Å². The molecule has 4 rings (SSSR count). The van der Waals surface area contributed by atoms with Gasteiger partial charge in [-0.15, -0.1) is 0 Å². The summed E-state index contributed by atoms with van der Waals surface area (Å²) in [6, 6.07) is 9.35. The van der Waals surface area contributed by atoms with Crippen LogP contribution in [0.4, 0.5) is 16.4 Å². The summed E-state index contributed by atoms with van der Waals surface area (Å²) < 4.78 is 7.07. The number of pyridine rings is 1. The zero-order valence-electron chi connectivity index (χ0n) is 20.8. The van der Waals surface area contributed by atoms with Crippen LogP contribution in [0.15, 0.2) is 35.3 Å². The van der Waals surface area contributed by atoms with Crippen LogP contribution >= 0.6 is 0 Å². The number of hydrogen-bond donors (Lipinski definition) is 1. The molecule has 2 aromatic heterocycles. The molecular formula is C26H30N6O3. The van der Waals surface area contributed by atoms with E-state index in [-0.39, 0.29) is 23.3 Å². The Labute approximate surface area is 204 Å². The minimum absolute atomic E-state index is 0.0808. The maximum absolute atomic E-state index is 12.8. The van der Waals surface area contributed by atoms with Crippen molar-refractivity contribution in [2.45, 2.75) is 65.6 Å². The summed E-state index contributed by atoms with van der Waals surface area (Å²) in [6.07, 6.45) is 2.76. The van der Waals surface area contributed by atoms with E-state index < -0.39 is 5.60 Å². The Bertz CT molecular complexity index is 1380. The Kier molecular flexibility index (Phi) is 6.48. The number of ether oxygens (including phenoxy) is 1.